The molecule has 0 atom stereocenters. The lowest BCUT2D eigenvalue weighted by Gasteiger charge is -2.01. The molecule has 0 saturated carbocycles. The van der Waals surface area contributed by atoms with E-state index in [2.05, 4.69) is 30.7 Å². The van der Waals surface area contributed by atoms with Gasteiger partial charge in [-0.2, -0.15) is 4.80 Å². The van der Waals surface area contributed by atoms with Crippen molar-refractivity contribution < 1.29 is 0 Å². The smallest absolute Gasteiger partial charge is 0.188 e. The molecule has 2 aromatic heterocycles. The zero-order valence-corrected chi connectivity index (χ0v) is 9.25. The number of nitrogens with one attached hydrogen (secondary N) is 1. The Kier molecular flexibility index (Phi) is 3.16. The highest BCUT2D eigenvalue weighted by atomic mass is 15.6. The predicted molar refractivity (Wildman–Crippen MR) is 56.1 cm³/mol. The Morgan fingerprint density at radius 2 is 2.25 bits per heavy atom. The first-order valence-corrected chi connectivity index (χ1v) is 4.96. The van der Waals surface area contributed by atoms with Crippen molar-refractivity contribution in [2.45, 2.75) is 20.0 Å². The van der Waals surface area contributed by atoms with E-state index in [4.69, 9.17) is 0 Å². The summed E-state index contributed by atoms with van der Waals surface area (Å²) < 4.78 is 0. The van der Waals surface area contributed by atoms with Crippen LogP contribution in [0.3, 0.4) is 0 Å². The SMILES string of the molecule is Cc1nccc(CNCc2nnn(C)n2)n1. The van der Waals surface area contributed by atoms with Gasteiger partial charge in [-0.25, -0.2) is 9.97 Å². The van der Waals surface area contributed by atoms with Crippen molar-refractivity contribution in [3.63, 3.8) is 0 Å². The molecule has 0 saturated heterocycles. The summed E-state index contributed by atoms with van der Waals surface area (Å²) in [5.41, 5.74) is 0.955. The van der Waals surface area contributed by atoms with Crippen LogP contribution in [0.4, 0.5) is 0 Å². The Morgan fingerprint density at radius 3 is 2.94 bits per heavy atom. The Labute approximate surface area is 92.9 Å². The summed E-state index contributed by atoms with van der Waals surface area (Å²) in [6.45, 7) is 3.12. The Hall–Kier alpha value is -1.89. The molecule has 0 radical (unpaired) electrons. The summed E-state index contributed by atoms with van der Waals surface area (Å²) in [6.07, 6.45) is 1.75. The summed E-state index contributed by atoms with van der Waals surface area (Å²) in [5, 5.41) is 14.9. The minimum absolute atomic E-state index is 0.580. The van der Waals surface area contributed by atoms with Crippen molar-refractivity contribution in [1.82, 2.24) is 35.5 Å². The van der Waals surface area contributed by atoms with Crippen LogP contribution in [0, 0.1) is 6.92 Å². The summed E-state index contributed by atoms with van der Waals surface area (Å²) in [7, 11) is 1.74. The predicted octanol–water partition coefficient (Wildman–Crippen LogP) is -0.402. The maximum Gasteiger partial charge on any atom is 0.188 e. The maximum atomic E-state index is 4.27. The van der Waals surface area contributed by atoms with E-state index >= 15 is 0 Å². The average molecular weight is 219 g/mol. The van der Waals surface area contributed by atoms with Gasteiger partial charge >= 0.3 is 0 Å². The van der Waals surface area contributed by atoms with Gasteiger partial charge < -0.3 is 5.32 Å². The number of hydrogen-bond donors (Lipinski definition) is 1. The van der Waals surface area contributed by atoms with E-state index in [1.165, 1.54) is 4.80 Å². The Morgan fingerprint density at radius 1 is 1.38 bits per heavy atom. The third kappa shape index (κ3) is 2.80. The lowest BCUT2D eigenvalue weighted by atomic mass is 10.4. The molecule has 0 amide bonds. The van der Waals surface area contributed by atoms with Gasteiger partial charge in [0.05, 0.1) is 19.3 Å². The van der Waals surface area contributed by atoms with Gasteiger partial charge in [0.2, 0.25) is 0 Å². The van der Waals surface area contributed by atoms with Crippen LogP contribution in [0.25, 0.3) is 0 Å². The third-order valence-corrected chi connectivity index (χ3v) is 1.97. The topological polar surface area (TPSA) is 81.4 Å². The fraction of sp³-hybridized carbons (Fsp3) is 0.444. The molecule has 16 heavy (non-hydrogen) atoms. The van der Waals surface area contributed by atoms with Crippen LogP contribution in [0.1, 0.15) is 17.3 Å². The monoisotopic (exact) mass is 219 g/mol. The van der Waals surface area contributed by atoms with E-state index in [-0.39, 0.29) is 0 Å². The standard InChI is InChI=1S/C9H13N7/c1-7-11-4-3-8(12-7)5-10-6-9-13-15-16(2)14-9/h3-4,10H,5-6H2,1-2H3. The molecule has 1 N–H and O–H groups in total. The van der Waals surface area contributed by atoms with E-state index in [0.717, 1.165) is 11.5 Å². The highest BCUT2D eigenvalue weighted by Crippen LogP contribution is 1.94. The van der Waals surface area contributed by atoms with Crippen molar-refractivity contribution in [1.29, 1.82) is 0 Å². The van der Waals surface area contributed by atoms with Crippen LogP contribution >= 0.6 is 0 Å². The maximum absolute atomic E-state index is 4.27. The Balaban J connectivity index is 1.84. The van der Waals surface area contributed by atoms with Gasteiger partial charge in [0.25, 0.3) is 0 Å². The molecular weight excluding hydrogens is 206 g/mol. The molecule has 0 unspecified atom stereocenters. The van der Waals surface area contributed by atoms with E-state index in [1.54, 1.807) is 13.2 Å². The second-order valence-electron chi connectivity index (χ2n) is 3.39. The van der Waals surface area contributed by atoms with Gasteiger partial charge in [-0.1, -0.05) is 0 Å². The number of nitrogens with zero attached hydrogens (tertiary/aromatic N) is 6. The van der Waals surface area contributed by atoms with E-state index in [0.29, 0.717) is 18.9 Å². The second kappa shape index (κ2) is 4.75. The first-order valence-electron chi connectivity index (χ1n) is 4.96. The van der Waals surface area contributed by atoms with Crippen LogP contribution < -0.4 is 5.32 Å². The molecule has 2 rings (SSSR count). The lowest BCUT2D eigenvalue weighted by Crippen LogP contribution is -2.15. The number of aromatic nitrogens is 6. The molecule has 2 heterocycles. The molecule has 84 valence electrons. The lowest BCUT2D eigenvalue weighted by molar-refractivity contribution is 0.617. The van der Waals surface area contributed by atoms with Gasteiger partial charge in [0.1, 0.15) is 5.82 Å². The minimum Gasteiger partial charge on any atom is -0.304 e. The van der Waals surface area contributed by atoms with Crippen LogP contribution in [0.15, 0.2) is 12.3 Å². The fourth-order valence-electron chi connectivity index (χ4n) is 1.30. The summed E-state index contributed by atoms with van der Waals surface area (Å²) >= 11 is 0. The number of tetrazole rings is 1. The number of rotatable bonds is 4. The van der Waals surface area contributed by atoms with Gasteiger partial charge in [0, 0.05) is 12.7 Å². The summed E-state index contributed by atoms with van der Waals surface area (Å²) in [4.78, 5) is 9.74. The molecule has 0 spiro atoms. The van der Waals surface area contributed by atoms with E-state index in [9.17, 15) is 0 Å². The van der Waals surface area contributed by atoms with Crippen LogP contribution in [0.2, 0.25) is 0 Å². The highest BCUT2D eigenvalue weighted by Gasteiger charge is 2.00. The van der Waals surface area contributed by atoms with Crippen LogP contribution in [-0.2, 0) is 20.1 Å². The van der Waals surface area contributed by atoms with Crippen molar-refractivity contribution in [2.24, 2.45) is 7.05 Å². The number of aryl methyl sites for hydroxylation is 2. The molecule has 0 aromatic carbocycles. The molecule has 2 aromatic rings. The highest BCUT2D eigenvalue weighted by molar-refractivity contribution is 5.01. The normalized spacial score (nSPS) is 10.6. The Bertz CT molecular complexity index is 464. The number of hydrogen-bond acceptors (Lipinski definition) is 6. The van der Waals surface area contributed by atoms with Crippen LogP contribution in [-0.4, -0.2) is 30.2 Å². The zero-order chi connectivity index (χ0) is 11.4. The average Bonchev–Trinajstić information content (AvgIpc) is 2.64. The van der Waals surface area contributed by atoms with Gasteiger partial charge in [-0.15, -0.1) is 10.2 Å². The first kappa shape index (κ1) is 10.6. The van der Waals surface area contributed by atoms with Crippen molar-refractivity contribution in [3.05, 3.63) is 29.6 Å². The molecule has 7 nitrogen and oxygen atoms in total. The zero-order valence-electron chi connectivity index (χ0n) is 9.25. The summed E-state index contributed by atoms with van der Waals surface area (Å²) in [5.74, 6) is 1.45. The van der Waals surface area contributed by atoms with E-state index < -0.39 is 0 Å². The third-order valence-electron chi connectivity index (χ3n) is 1.97. The minimum atomic E-state index is 0.580. The second-order valence-corrected chi connectivity index (χ2v) is 3.39. The van der Waals surface area contributed by atoms with Gasteiger partial charge in [-0.05, 0) is 18.2 Å². The fourth-order valence-corrected chi connectivity index (χ4v) is 1.30. The quantitative estimate of drug-likeness (QED) is 0.753. The molecule has 7 heteroatoms. The molecular formula is C9H13N7. The molecule has 0 fully saturated rings. The van der Waals surface area contributed by atoms with Gasteiger partial charge in [-0.3, -0.25) is 0 Å². The van der Waals surface area contributed by atoms with Gasteiger partial charge in [0.15, 0.2) is 5.82 Å². The van der Waals surface area contributed by atoms with Crippen molar-refractivity contribution in [2.75, 3.05) is 0 Å². The molecule has 0 aliphatic heterocycles. The first-order chi connectivity index (χ1) is 7.74. The molecule has 0 aliphatic carbocycles. The van der Waals surface area contributed by atoms with Crippen molar-refractivity contribution >= 4 is 0 Å². The largest absolute Gasteiger partial charge is 0.304 e. The van der Waals surface area contributed by atoms with E-state index in [1.807, 2.05) is 13.0 Å². The van der Waals surface area contributed by atoms with Crippen molar-refractivity contribution in [3.8, 4) is 0 Å². The molecule has 0 aliphatic rings. The summed E-state index contributed by atoms with van der Waals surface area (Å²) in [6, 6.07) is 1.88. The molecule has 0 bridgehead atoms. The van der Waals surface area contributed by atoms with Crippen LogP contribution in [0.5, 0.6) is 0 Å².